The minimum Gasteiger partial charge on any atom is -0.335 e. The molecule has 0 saturated heterocycles. The van der Waals surface area contributed by atoms with Crippen molar-refractivity contribution >= 4 is 11.0 Å². The molecule has 0 unspecified atom stereocenters. The SMILES string of the molecule is Nn1c(=O)n(N)c2ccccc21. The fourth-order valence-electron chi connectivity index (χ4n) is 1.19. The Hall–Kier alpha value is -1.91. The lowest BCUT2D eigenvalue weighted by molar-refractivity contribution is 0.872. The summed E-state index contributed by atoms with van der Waals surface area (Å²) in [5.74, 6) is 10.9. The highest BCUT2D eigenvalue weighted by molar-refractivity contribution is 5.75. The van der Waals surface area contributed by atoms with Crippen molar-refractivity contribution in [1.29, 1.82) is 0 Å². The van der Waals surface area contributed by atoms with Crippen molar-refractivity contribution in [3.05, 3.63) is 34.7 Å². The lowest BCUT2D eigenvalue weighted by atomic mass is 10.3. The van der Waals surface area contributed by atoms with Crippen LogP contribution in [0.2, 0.25) is 0 Å². The van der Waals surface area contributed by atoms with E-state index in [0.29, 0.717) is 11.0 Å². The molecular formula is C7H8N4O. The Balaban J connectivity index is 3.09. The largest absolute Gasteiger partial charge is 0.365 e. The molecule has 4 N–H and O–H groups in total. The summed E-state index contributed by atoms with van der Waals surface area (Å²) in [6, 6.07) is 7.07. The second kappa shape index (κ2) is 2.04. The third-order valence-electron chi connectivity index (χ3n) is 1.81. The van der Waals surface area contributed by atoms with Crippen LogP contribution in [0.15, 0.2) is 29.1 Å². The molecule has 0 spiro atoms. The zero-order valence-electron chi connectivity index (χ0n) is 6.27. The van der Waals surface area contributed by atoms with E-state index in [0.717, 1.165) is 9.35 Å². The summed E-state index contributed by atoms with van der Waals surface area (Å²) in [7, 11) is 0. The topological polar surface area (TPSA) is 79.0 Å². The lowest BCUT2D eigenvalue weighted by Crippen LogP contribution is -2.32. The van der Waals surface area contributed by atoms with Crippen molar-refractivity contribution in [3.8, 4) is 0 Å². The van der Waals surface area contributed by atoms with E-state index in [-0.39, 0.29) is 0 Å². The molecule has 1 heterocycles. The fraction of sp³-hybridized carbons (Fsp3) is 0. The lowest BCUT2D eigenvalue weighted by Gasteiger charge is -1.90. The van der Waals surface area contributed by atoms with Gasteiger partial charge in [-0.1, -0.05) is 12.1 Å². The molecule has 1 aromatic carbocycles. The first kappa shape index (κ1) is 6.78. The van der Waals surface area contributed by atoms with Gasteiger partial charge in [-0.2, -0.15) is 0 Å². The highest BCUT2D eigenvalue weighted by Crippen LogP contribution is 2.07. The van der Waals surface area contributed by atoms with Gasteiger partial charge in [-0.3, -0.25) is 0 Å². The first-order valence-electron chi connectivity index (χ1n) is 3.44. The molecule has 0 bridgehead atoms. The van der Waals surface area contributed by atoms with Gasteiger partial charge in [0.15, 0.2) is 0 Å². The number of fused-ring (bicyclic) bond motifs is 1. The Morgan fingerprint density at radius 1 is 1.00 bits per heavy atom. The number of rotatable bonds is 0. The van der Waals surface area contributed by atoms with Crippen molar-refractivity contribution < 1.29 is 0 Å². The van der Waals surface area contributed by atoms with Crippen molar-refractivity contribution in [3.63, 3.8) is 0 Å². The van der Waals surface area contributed by atoms with Gasteiger partial charge in [-0.15, -0.1) is 0 Å². The van der Waals surface area contributed by atoms with E-state index < -0.39 is 5.69 Å². The quantitative estimate of drug-likeness (QED) is 0.502. The molecule has 5 nitrogen and oxygen atoms in total. The zero-order valence-corrected chi connectivity index (χ0v) is 6.27. The molecule has 0 atom stereocenters. The van der Waals surface area contributed by atoms with E-state index in [4.69, 9.17) is 11.7 Å². The van der Waals surface area contributed by atoms with Gasteiger partial charge in [0.1, 0.15) is 0 Å². The van der Waals surface area contributed by atoms with Crippen LogP contribution < -0.4 is 17.4 Å². The van der Waals surface area contributed by atoms with E-state index in [2.05, 4.69) is 0 Å². The number of para-hydroxylation sites is 2. The van der Waals surface area contributed by atoms with Gasteiger partial charge >= 0.3 is 5.69 Å². The van der Waals surface area contributed by atoms with E-state index in [1.165, 1.54) is 0 Å². The predicted octanol–water partition coefficient (Wildman–Crippen LogP) is -0.769. The van der Waals surface area contributed by atoms with Crippen LogP contribution in [0, 0.1) is 0 Å². The van der Waals surface area contributed by atoms with Gasteiger partial charge in [0.05, 0.1) is 11.0 Å². The number of nitrogen functional groups attached to an aromatic ring is 2. The molecule has 12 heavy (non-hydrogen) atoms. The molecule has 1 aromatic heterocycles. The van der Waals surface area contributed by atoms with Crippen LogP contribution in [-0.4, -0.2) is 9.35 Å². The number of benzene rings is 1. The maximum atomic E-state index is 11.2. The van der Waals surface area contributed by atoms with E-state index in [1.807, 2.05) is 0 Å². The summed E-state index contributed by atoms with van der Waals surface area (Å²) in [4.78, 5) is 11.2. The van der Waals surface area contributed by atoms with Gasteiger partial charge in [-0.05, 0) is 12.1 Å². The van der Waals surface area contributed by atoms with Gasteiger partial charge in [0.2, 0.25) is 0 Å². The van der Waals surface area contributed by atoms with Crippen LogP contribution in [0.4, 0.5) is 0 Å². The second-order valence-corrected chi connectivity index (χ2v) is 2.51. The highest BCUT2D eigenvalue weighted by Gasteiger charge is 2.06. The van der Waals surface area contributed by atoms with Crippen LogP contribution in [0.25, 0.3) is 11.0 Å². The zero-order chi connectivity index (χ0) is 8.72. The fourth-order valence-corrected chi connectivity index (χ4v) is 1.19. The molecule has 2 aromatic rings. The van der Waals surface area contributed by atoms with Crippen LogP contribution in [0.5, 0.6) is 0 Å². The third kappa shape index (κ3) is 0.646. The van der Waals surface area contributed by atoms with Crippen LogP contribution in [0.1, 0.15) is 0 Å². The second-order valence-electron chi connectivity index (χ2n) is 2.51. The van der Waals surface area contributed by atoms with E-state index in [9.17, 15) is 4.79 Å². The van der Waals surface area contributed by atoms with Crippen molar-refractivity contribution in [2.75, 3.05) is 11.7 Å². The first-order valence-corrected chi connectivity index (χ1v) is 3.44. The number of hydrogen-bond acceptors (Lipinski definition) is 3. The number of aromatic nitrogens is 2. The van der Waals surface area contributed by atoms with Gasteiger partial charge in [0.25, 0.3) is 0 Å². The first-order chi connectivity index (χ1) is 5.72. The Bertz CT molecular complexity index is 440. The molecule has 0 radical (unpaired) electrons. The maximum absolute atomic E-state index is 11.2. The summed E-state index contributed by atoms with van der Waals surface area (Å²) in [5, 5.41) is 0. The van der Waals surface area contributed by atoms with Crippen LogP contribution in [-0.2, 0) is 0 Å². The van der Waals surface area contributed by atoms with Crippen molar-refractivity contribution in [2.45, 2.75) is 0 Å². The third-order valence-corrected chi connectivity index (χ3v) is 1.81. The highest BCUT2D eigenvalue weighted by atomic mass is 16.2. The Labute approximate surface area is 67.7 Å². The Morgan fingerprint density at radius 3 is 1.83 bits per heavy atom. The molecule has 0 aliphatic heterocycles. The number of nitrogens with zero attached hydrogens (tertiary/aromatic N) is 2. The Kier molecular flexibility index (Phi) is 1.15. The average Bonchev–Trinajstić information content (AvgIpc) is 2.33. The van der Waals surface area contributed by atoms with Crippen molar-refractivity contribution in [2.24, 2.45) is 0 Å². The molecule has 62 valence electrons. The number of nitrogens with two attached hydrogens (primary N) is 2. The number of imidazole rings is 1. The molecule has 0 amide bonds. The molecule has 0 aliphatic rings. The molecule has 5 heteroatoms. The minimum absolute atomic E-state index is 0.420. The predicted molar refractivity (Wildman–Crippen MR) is 46.5 cm³/mol. The van der Waals surface area contributed by atoms with Crippen LogP contribution >= 0.6 is 0 Å². The summed E-state index contributed by atoms with van der Waals surface area (Å²) in [6.07, 6.45) is 0. The maximum Gasteiger partial charge on any atom is 0.365 e. The molecular weight excluding hydrogens is 156 g/mol. The Morgan fingerprint density at radius 2 is 1.42 bits per heavy atom. The standard InChI is InChI=1S/C7H8N4O/c8-10-5-3-1-2-4-6(5)11(9)7(10)12/h1-4H,8-9H2. The molecule has 0 saturated carbocycles. The minimum atomic E-state index is -0.420. The van der Waals surface area contributed by atoms with Crippen LogP contribution in [0.3, 0.4) is 0 Å². The molecule has 2 rings (SSSR count). The normalized spacial score (nSPS) is 10.7. The monoisotopic (exact) mass is 164 g/mol. The van der Waals surface area contributed by atoms with Gasteiger partial charge in [0, 0.05) is 0 Å². The van der Waals surface area contributed by atoms with E-state index >= 15 is 0 Å². The summed E-state index contributed by atoms with van der Waals surface area (Å²) < 4.78 is 2.05. The average molecular weight is 164 g/mol. The summed E-state index contributed by atoms with van der Waals surface area (Å²) in [5.41, 5.74) is 0.839. The van der Waals surface area contributed by atoms with Gasteiger partial charge < -0.3 is 11.7 Å². The van der Waals surface area contributed by atoms with E-state index in [1.54, 1.807) is 24.3 Å². The molecule has 0 aliphatic carbocycles. The number of hydrogen-bond donors (Lipinski definition) is 2. The van der Waals surface area contributed by atoms with Crippen molar-refractivity contribution in [1.82, 2.24) is 9.35 Å². The van der Waals surface area contributed by atoms with Gasteiger partial charge in [-0.25, -0.2) is 14.1 Å². The molecule has 0 fully saturated rings. The summed E-state index contributed by atoms with van der Waals surface area (Å²) in [6.45, 7) is 0. The smallest absolute Gasteiger partial charge is 0.335 e. The summed E-state index contributed by atoms with van der Waals surface area (Å²) >= 11 is 0.